The Morgan fingerprint density at radius 1 is 1.50 bits per heavy atom. The van der Waals surface area contributed by atoms with E-state index in [2.05, 4.69) is 19.6 Å². The van der Waals surface area contributed by atoms with Gasteiger partial charge in [-0.2, -0.15) is 0 Å². The zero-order valence-corrected chi connectivity index (χ0v) is 12.9. The van der Waals surface area contributed by atoms with Gasteiger partial charge < -0.3 is 13.9 Å². The van der Waals surface area contributed by atoms with Gasteiger partial charge >= 0.3 is 5.97 Å². The van der Waals surface area contributed by atoms with E-state index in [1.165, 1.54) is 0 Å². The van der Waals surface area contributed by atoms with Gasteiger partial charge in [-0.05, 0) is 46.0 Å². The van der Waals surface area contributed by atoms with Crippen molar-refractivity contribution in [2.24, 2.45) is 0 Å². The molecule has 102 valence electrons. The summed E-state index contributed by atoms with van der Waals surface area (Å²) in [4.78, 5) is 12.1. The molecule has 5 heteroatoms. The standard InChI is InChI=1S/C13H22O4Si/c1-7-8(2)10(17-18(4,5)6)13-11(16-13)9(3)15-12(13)14/h7,9-11H,1-6H3/b8-7+/t9-,10?,11-,13-/m1/s1. The summed E-state index contributed by atoms with van der Waals surface area (Å²) in [5, 5.41) is 0. The summed E-state index contributed by atoms with van der Waals surface area (Å²) in [6.07, 6.45) is 1.35. The molecule has 0 amide bonds. The largest absolute Gasteiger partial charge is 0.457 e. The Hall–Kier alpha value is -0.653. The molecule has 4 atom stereocenters. The summed E-state index contributed by atoms with van der Waals surface area (Å²) >= 11 is 0. The van der Waals surface area contributed by atoms with Crippen LogP contribution in [0.25, 0.3) is 0 Å². The minimum atomic E-state index is -1.77. The van der Waals surface area contributed by atoms with Gasteiger partial charge in [0, 0.05) is 0 Å². The van der Waals surface area contributed by atoms with Crippen LogP contribution in [0.3, 0.4) is 0 Å². The molecule has 18 heavy (non-hydrogen) atoms. The van der Waals surface area contributed by atoms with Crippen molar-refractivity contribution in [1.82, 2.24) is 0 Å². The highest BCUT2D eigenvalue weighted by atomic mass is 28.4. The predicted octanol–water partition coefficient (Wildman–Crippen LogP) is 2.26. The molecule has 0 aromatic heterocycles. The number of ether oxygens (including phenoxy) is 2. The van der Waals surface area contributed by atoms with Crippen molar-refractivity contribution in [3.8, 4) is 0 Å². The van der Waals surface area contributed by atoms with Crippen molar-refractivity contribution in [2.75, 3.05) is 0 Å². The normalized spacial score (nSPS) is 37.2. The van der Waals surface area contributed by atoms with Gasteiger partial charge in [-0.25, -0.2) is 4.79 Å². The van der Waals surface area contributed by atoms with Gasteiger partial charge in [-0.1, -0.05) is 6.08 Å². The Morgan fingerprint density at radius 3 is 2.44 bits per heavy atom. The summed E-state index contributed by atoms with van der Waals surface area (Å²) in [7, 11) is -1.77. The van der Waals surface area contributed by atoms with Gasteiger partial charge in [-0.15, -0.1) is 0 Å². The average molecular weight is 270 g/mol. The van der Waals surface area contributed by atoms with E-state index < -0.39 is 13.9 Å². The van der Waals surface area contributed by atoms with E-state index in [0.29, 0.717) is 0 Å². The molecule has 0 radical (unpaired) electrons. The maximum absolute atomic E-state index is 12.1. The van der Waals surface area contributed by atoms with Gasteiger partial charge in [0.05, 0.1) is 0 Å². The zero-order chi connectivity index (χ0) is 13.7. The molecule has 0 N–H and O–H groups in total. The van der Waals surface area contributed by atoms with Crippen molar-refractivity contribution in [3.63, 3.8) is 0 Å². The van der Waals surface area contributed by atoms with Crippen LogP contribution >= 0.6 is 0 Å². The maximum atomic E-state index is 12.1. The Morgan fingerprint density at radius 2 is 2.11 bits per heavy atom. The number of esters is 1. The molecule has 2 heterocycles. The van der Waals surface area contributed by atoms with E-state index in [1.54, 1.807) is 0 Å². The van der Waals surface area contributed by atoms with Gasteiger partial charge in [-0.3, -0.25) is 0 Å². The first-order chi connectivity index (χ1) is 8.22. The number of hydrogen-bond acceptors (Lipinski definition) is 4. The molecule has 2 saturated heterocycles. The number of rotatable bonds is 4. The van der Waals surface area contributed by atoms with Crippen LogP contribution in [0.1, 0.15) is 20.8 Å². The summed E-state index contributed by atoms with van der Waals surface area (Å²) in [5.41, 5.74) is 0.155. The third kappa shape index (κ3) is 2.04. The highest BCUT2D eigenvalue weighted by molar-refractivity contribution is 6.69. The monoisotopic (exact) mass is 270 g/mol. The predicted molar refractivity (Wildman–Crippen MR) is 70.8 cm³/mol. The molecule has 2 rings (SSSR count). The lowest BCUT2D eigenvalue weighted by Crippen LogP contribution is -2.45. The van der Waals surface area contributed by atoms with E-state index in [4.69, 9.17) is 13.9 Å². The van der Waals surface area contributed by atoms with E-state index in [-0.39, 0.29) is 24.3 Å². The smallest absolute Gasteiger partial charge is 0.344 e. The van der Waals surface area contributed by atoms with Crippen molar-refractivity contribution in [1.29, 1.82) is 0 Å². The highest BCUT2D eigenvalue weighted by Gasteiger charge is 2.76. The number of allylic oxidation sites excluding steroid dienone is 1. The second kappa shape index (κ2) is 4.18. The number of fused-ring (bicyclic) bond motifs is 1. The van der Waals surface area contributed by atoms with E-state index in [1.807, 2.05) is 26.8 Å². The fourth-order valence-corrected chi connectivity index (χ4v) is 3.52. The SMILES string of the molecule is C/C=C(\C)C(O[Si](C)(C)C)[C@@]12O[C@@H]1[C@@H](C)OC2=O. The van der Waals surface area contributed by atoms with Crippen molar-refractivity contribution in [3.05, 3.63) is 11.6 Å². The van der Waals surface area contributed by atoms with Crippen LogP contribution in [-0.4, -0.2) is 38.2 Å². The maximum Gasteiger partial charge on any atom is 0.344 e. The van der Waals surface area contributed by atoms with Crippen LogP contribution in [0.15, 0.2) is 11.6 Å². The van der Waals surface area contributed by atoms with Crippen LogP contribution in [0.2, 0.25) is 19.6 Å². The first kappa shape index (κ1) is 13.8. The quantitative estimate of drug-likeness (QED) is 0.340. The molecule has 0 aromatic rings. The van der Waals surface area contributed by atoms with Crippen LogP contribution in [0, 0.1) is 0 Å². The molecule has 0 aromatic carbocycles. The molecule has 1 unspecified atom stereocenters. The fourth-order valence-electron chi connectivity index (χ4n) is 2.45. The molecular weight excluding hydrogens is 248 g/mol. The number of carbonyl (C=O) groups excluding carboxylic acids is 1. The summed E-state index contributed by atoms with van der Waals surface area (Å²) in [6.45, 7) is 12.1. The highest BCUT2D eigenvalue weighted by Crippen LogP contribution is 2.52. The first-order valence-corrected chi connectivity index (χ1v) is 9.82. The van der Waals surface area contributed by atoms with Gasteiger partial charge in [0.2, 0.25) is 5.60 Å². The Bertz CT molecular complexity index is 398. The van der Waals surface area contributed by atoms with Crippen LogP contribution in [0.5, 0.6) is 0 Å². The molecule has 0 saturated carbocycles. The number of hydrogen-bond donors (Lipinski definition) is 0. The molecule has 0 bridgehead atoms. The molecular formula is C13H22O4Si. The van der Waals surface area contributed by atoms with E-state index >= 15 is 0 Å². The minimum absolute atomic E-state index is 0.152. The fraction of sp³-hybridized carbons (Fsp3) is 0.769. The lowest BCUT2D eigenvalue weighted by molar-refractivity contribution is -0.155. The van der Waals surface area contributed by atoms with E-state index in [9.17, 15) is 4.79 Å². The van der Waals surface area contributed by atoms with Crippen molar-refractivity contribution < 1.29 is 18.7 Å². The number of carbonyl (C=O) groups is 1. The van der Waals surface area contributed by atoms with Crippen LogP contribution in [0.4, 0.5) is 0 Å². The Balaban J connectivity index is 2.29. The summed E-state index contributed by atoms with van der Waals surface area (Å²) in [6, 6.07) is 0. The number of cyclic esters (lactones) is 1. The Labute approximate surface area is 109 Å². The third-order valence-corrected chi connectivity index (χ3v) is 4.40. The molecule has 2 aliphatic heterocycles. The Kier molecular flexibility index (Phi) is 3.20. The average Bonchev–Trinajstić information content (AvgIpc) is 2.94. The second-order valence-corrected chi connectivity index (χ2v) is 10.5. The zero-order valence-electron chi connectivity index (χ0n) is 11.9. The third-order valence-electron chi connectivity index (χ3n) is 3.46. The van der Waals surface area contributed by atoms with E-state index in [0.717, 1.165) is 5.57 Å². The minimum Gasteiger partial charge on any atom is -0.457 e. The first-order valence-electron chi connectivity index (χ1n) is 6.42. The van der Waals surface area contributed by atoms with Crippen molar-refractivity contribution in [2.45, 2.75) is 64.3 Å². The van der Waals surface area contributed by atoms with Gasteiger partial charge in [0.15, 0.2) is 8.32 Å². The van der Waals surface area contributed by atoms with Crippen molar-refractivity contribution >= 4 is 14.3 Å². The van der Waals surface area contributed by atoms with Crippen LogP contribution in [-0.2, 0) is 18.7 Å². The summed E-state index contributed by atoms with van der Waals surface area (Å²) in [5.74, 6) is -0.274. The topological polar surface area (TPSA) is 48.1 Å². The van der Waals surface area contributed by atoms with Gasteiger partial charge in [0.25, 0.3) is 0 Å². The second-order valence-electron chi connectivity index (χ2n) is 6.08. The molecule has 0 aliphatic carbocycles. The molecule has 4 nitrogen and oxygen atoms in total. The molecule has 2 aliphatic rings. The van der Waals surface area contributed by atoms with Gasteiger partial charge in [0.1, 0.15) is 18.3 Å². The molecule has 2 fully saturated rings. The van der Waals surface area contributed by atoms with Crippen LogP contribution < -0.4 is 0 Å². The lowest BCUT2D eigenvalue weighted by Gasteiger charge is -2.29. The number of epoxide rings is 1. The summed E-state index contributed by atoms with van der Waals surface area (Å²) < 4.78 is 17.1. The lowest BCUT2D eigenvalue weighted by atomic mass is 9.93. The molecule has 0 spiro atoms.